The second-order valence-electron chi connectivity index (χ2n) is 6.64. The molecule has 0 radical (unpaired) electrons. The van der Waals surface area contributed by atoms with Crippen molar-refractivity contribution in [3.8, 4) is 11.1 Å². The Hall–Kier alpha value is -2.24. The van der Waals surface area contributed by atoms with Crippen molar-refractivity contribution in [3.05, 3.63) is 59.3 Å². The van der Waals surface area contributed by atoms with E-state index in [-0.39, 0.29) is 6.04 Å². The van der Waals surface area contributed by atoms with Gasteiger partial charge in [-0.3, -0.25) is 0 Å². The third-order valence-electron chi connectivity index (χ3n) is 4.85. The molecule has 26 heavy (non-hydrogen) atoms. The van der Waals surface area contributed by atoms with Gasteiger partial charge in [-0.05, 0) is 36.6 Å². The molecule has 2 N–H and O–H groups in total. The summed E-state index contributed by atoms with van der Waals surface area (Å²) in [5, 5.41) is 2.15. The standard InChI is InChI=1S/C20H18ClF2N3/c21-18-3-1-2-16-19(18)17(12-8-13(22)10-14(23)9-12)11-25-20(16)26-6-4-15(24)5-7-26/h1-3,8-11,15H,4-7,24H2. The number of aromatic nitrogens is 1. The minimum Gasteiger partial charge on any atom is -0.356 e. The number of piperidine rings is 1. The predicted molar refractivity (Wildman–Crippen MR) is 102 cm³/mol. The Bertz CT molecular complexity index is 948. The van der Waals surface area contributed by atoms with Crippen molar-refractivity contribution >= 4 is 28.2 Å². The number of benzene rings is 2. The van der Waals surface area contributed by atoms with Gasteiger partial charge in [-0.2, -0.15) is 0 Å². The van der Waals surface area contributed by atoms with Gasteiger partial charge in [0.15, 0.2) is 0 Å². The number of nitrogens with zero attached hydrogens (tertiary/aromatic N) is 2. The number of pyridine rings is 1. The first-order valence-electron chi connectivity index (χ1n) is 8.57. The van der Waals surface area contributed by atoms with Crippen LogP contribution in [0.25, 0.3) is 21.9 Å². The highest BCUT2D eigenvalue weighted by molar-refractivity contribution is 6.37. The summed E-state index contributed by atoms with van der Waals surface area (Å²) >= 11 is 6.47. The van der Waals surface area contributed by atoms with E-state index in [4.69, 9.17) is 17.3 Å². The van der Waals surface area contributed by atoms with E-state index in [2.05, 4.69) is 9.88 Å². The second-order valence-corrected chi connectivity index (χ2v) is 7.05. The molecule has 0 amide bonds. The maximum Gasteiger partial charge on any atom is 0.136 e. The van der Waals surface area contributed by atoms with Crippen LogP contribution in [0.2, 0.25) is 5.02 Å². The average Bonchev–Trinajstić information content (AvgIpc) is 2.61. The molecule has 1 aromatic heterocycles. The number of hydrogen-bond donors (Lipinski definition) is 1. The van der Waals surface area contributed by atoms with Gasteiger partial charge in [0.1, 0.15) is 17.5 Å². The van der Waals surface area contributed by atoms with Crippen LogP contribution in [0.3, 0.4) is 0 Å². The Morgan fingerprint density at radius 3 is 2.46 bits per heavy atom. The van der Waals surface area contributed by atoms with Gasteiger partial charge < -0.3 is 10.6 Å². The summed E-state index contributed by atoms with van der Waals surface area (Å²) in [7, 11) is 0. The zero-order valence-corrected chi connectivity index (χ0v) is 14.8. The van der Waals surface area contributed by atoms with Crippen LogP contribution in [0.1, 0.15) is 12.8 Å². The maximum absolute atomic E-state index is 13.7. The van der Waals surface area contributed by atoms with Crippen molar-refractivity contribution in [3.63, 3.8) is 0 Å². The molecule has 1 saturated heterocycles. The highest BCUT2D eigenvalue weighted by atomic mass is 35.5. The highest BCUT2D eigenvalue weighted by Crippen LogP contribution is 2.38. The summed E-state index contributed by atoms with van der Waals surface area (Å²) < 4.78 is 27.4. The Morgan fingerprint density at radius 2 is 1.77 bits per heavy atom. The van der Waals surface area contributed by atoms with E-state index in [0.29, 0.717) is 16.1 Å². The molecule has 3 nitrogen and oxygen atoms in total. The monoisotopic (exact) mass is 373 g/mol. The molecule has 0 unspecified atom stereocenters. The van der Waals surface area contributed by atoms with Crippen molar-refractivity contribution in [2.75, 3.05) is 18.0 Å². The third-order valence-corrected chi connectivity index (χ3v) is 5.17. The molecule has 134 valence electrons. The van der Waals surface area contributed by atoms with Crippen LogP contribution in [0, 0.1) is 11.6 Å². The Balaban J connectivity index is 1.90. The number of anilines is 1. The van der Waals surface area contributed by atoms with E-state index in [1.54, 1.807) is 12.3 Å². The quantitative estimate of drug-likeness (QED) is 0.704. The molecule has 0 spiro atoms. The largest absolute Gasteiger partial charge is 0.356 e. The molecule has 0 saturated carbocycles. The van der Waals surface area contributed by atoms with Crippen molar-refractivity contribution in [2.24, 2.45) is 5.73 Å². The minimum absolute atomic E-state index is 0.218. The van der Waals surface area contributed by atoms with Crippen LogP contribution in [-0.4, -0.2) is 24.1 Å². The van der Waals surface area contributed by atoms with Crippen LogP contribution in [0.4, 0.5) is 14.6 Å². The molecular weight excluding hydrogens is 356 g/mol. The normalized spacial score (nSPS) is 15.6. The number of nitrogens with two attached hydrogens (primary N) is 1. The molecule has 1 aliphatic heterocycles. The van der Waals surface area contributed by atoms with Crippen LogP contribution < -0.4 is 10.6 Å². The number of halogens is 3. The average molecular weight is 374 g/mol. The van der Waals surface area contributed by atoms with Gasteiger partial charge in [-0.25, -0.2) is 13.8 Å². The topological polar surface area (TPSA) is 42.1 Å². The first-order valence-corrected chi connectivity index (χ1v) is 8.95. The van der Waals surface area contributed by atoms with Gasteiger partial charge in [-0.1, -0.05) is 23.7 Å². The summed E-state index contributed by atoms with van der Waals surface area (Å²) in [5.74, 6) is -0.432. The lowest BCUT2D eigenvalue weighted by atomic mass is 9.99. The smallest absolute Gasteiger partial charge is 0.136 e. The molecule has 3 aromatic rings. The second kappa shape index (κ2) is 6.82. The summed E-state index contributed by atoms with van der Waals surface area (Å²) in [6.07, 6.45) is 3.45. The Morgan fingerprint density at radius 1 is 1.08 bits per heavy atom. The molecule has 4 rings (SSSR count). The van der Waals surface area contributed by atoms with E-state index in [1.165, 1.54) is 12.1 Å². The zero-order valence-electron chi connectivity index (χ0n) is 14.1. The van der Waals surface area contributed by atoms with Crippen molar-refractivity contribution < 1.29 is 8.78 Å². The summed E-state index contributed by atoms with van der Waals surface area (Å²) in [4.78, 5) is 6.81. The lowest BCUT2D eigenvalue weighted by Crippen LogP contribution is -2.40. The van der Waals surface area contributed by atoms with E-state index in [1.807, 2.05) is 12.1 Å². The van der Waals surface area contributed by atoms with Crippen molar-refractivity contribution in [1.82, 2.24) is 4.98 Å². The van der Waals surface area contributed by atoms with Gasteiger partial charge >= 0.3 is 0 Å². The Kier molecular flexibility index (Phi) is 4.51. The van der Waals surface area contributed by atoms with Crippen molar-refractivity contribution in [2.45, 2.75) is 18.9 Å². The molecule has 0 atom stereocenters. The lowest BCUT2D eigenvalue weighted by Gasteiger charge is -2.32. The maximum atomic E-state index is 13.7. The van der Waals surface area contributed by atoms with Crippen molar-refractivity contribution in [1.29, 1.82) is 0 Å². The number of hydrogen-bond acceptors (Lipinski definition) is 3. The molecule has 2 aromatic carbocycles. The highest BCUT2D eigenvalue weighted by Gasteiger charge is 2.21. The first-order chi connectivity index (χ1) is 12.5. The molecule has 1 aliphatic rings. The van der Waals surface area contributed by atoms with E-state index < -0.39 is 11.6 Å². The van der Waals surface area contributed by atoms with Gasteiger partial charge in [0.25, 0.3) is 0 Å². The molecule has 1 fully saturated rings. The van der Waals surface area contributed by atoms with Crippen LogP contribution in [0.15, 0.2) is 42.6 Å². The fourth-order valence-corrected chi connectivity index (χ4v) is 3.81. The first kappa shape index (κ1) is 17.2. The van der Waals surface area contributed by atoms with E-state index >= 15 is 0 Å². The van der Waals surface area contributed by atoms with E-state index in [9.17, 15) is 8.78 Å². The lowest BCUT2D eigenvalue weighted by molar-refractivity contribution is 0.499. The van der Waals surface area contributed by atoms with Crippen LogP contribution in [-0.2, 0) is 0 Å². The van der Waals surface area contributed by atoms with Gasteiger partial charge in [-0.15, -0.1) is 0 Å². The minimum atomic E-state index is -0.630. The molecular formula is C20H18ClF2N3. The number of fused-ring (bicyclic) bond motifs is 1. The van der Waals surface area contributed by atoms with Crippen LogP contribution >= 0.6 is 11.6 Å². The summed E-state index contributed by atoms with van der Waals surface area (Å²) in [5.41, 5.74) is 7.03. The zero-order chi connectivity index (χ0) is 18.3. The van der Waals surface area contributed by atoms with Gasteiger partial charge in [0, 0.05) is 52.8 Å². The molecule has 6 heteroatoms. The third kappa shape index (κ3) is 3.13. The van der Waals surface area contributed by atoms with E-state index in [0.717, 1.165) is 48.6 Å². The van der Waals surface area contributed by atoms with Crippen LogP contribution in [0.5, 0.6) is 0 Å². The fraction of sp³-hybridized carbons (Fsp3) is 0.250. The molecule has 2 heterocycles. The summed E-state index contributed by atoms with van der Waals surface area (Å²) in [6, 6.07) is 9.24. The Labute approximate surface area is 155 Å². The molecule has 0 aliphatic carbocycles. The summed E-state index contributed by atoms with van der Waals surface area (Å²) in [6.45, 7) is 1.65. The predicted octanol–water partition coefficient (Wildman–Crippen LogP) is 4.76. The number of rotatable bonds is 2. The van der Waals surface area contributed by atoms with Gasteiger partial charge in [0.05, 0.1) is 0 Å². The van der Waals surface area contributed by atoms with Gasteiger partial charge in [0.2, 0.25) is 0 Å². The fourth-order valence-electron chi connectivity index (χ4n) is 3.54. The molecule has 0 bridgehead atoms. The SMILES string of the molecule is NC1CCN(c2ncc(-c3cc(F)cc(F)c3)c3c(Cl)cccc23)CC1.